The van der Waals surface area contributed by atoms with E-state index in [0.717, 1.165) is 28.0 Å². The van der Waals surface area contributed by atoms with E-state index in [1.165, 1.54) is 10.4 Å². The van der Waals surface area contributed by atoms with Gasteiger partial charge in [-0.05, 0) is 69.2 Å². The highest BCUT2D eigenvalue weighted by molar-refractivity contribution is 7.89. The molecule has 0 atom stereocenters. The largest absolute Gasteiger partial charge is 0.322 e. The minimum atomic E-state index is -3.64. The minimum absolute atomic E-state index is 0.171. The summed E-state index contributed by atoms with van der Waals surface area (Å²) in [5.74, 6) is -0.332. The Bertz CT molecular complexity index is 1270. The molecule has 1 heterocycles. The summed E-state index contributed by atoms with van der Waals surface area (Å²) in [5.41, 5.74) is 5.53. The number of nitrogens with one attached hydrogen (secondary N) is 1. The van der Waals surface area contributed by atoms with Crippen molar-refractivity contribution in [2.75, 3.05) is 18.4 Å². The first kappa shape index (κ1) is 22.8. The van der Waals surface area contributed by atoms with Gasteiger partial charge >= 0.3 is 0 Å². The molecule has 1 aromatic heterocycles. The zero-order valence-corrected chi connectivity index (χ0v) is 19.6. The molecule has 0 bridgehead atoms. The van der Waals surface area contributed by atoms with Crippen LogP contribution in [0.1, 0.15) is 46.7 Å². The van der Waals surface area contributed by atoms with Gasteiger partial charge in [0.25, 0.3) is 5.91 Å². The minimum Gasteiger partial charge on any atom is -0.322 e. The molecule has 164 valence electrons. The Morgan fingerprint density at radius 3 is 2.16 bits per heavy atom. The summed E-state index contributed by atoms with van der Waals surface area (Å²) in [7, 11) is -3.64. The van der Waals surface area contributed by atoms with Gasteiger partial charge in [-0.25, -0.2) is 18.4 Å². The van der Waals surface area contributed by atoms with Crippen LogP contribution in [0.5, 0.6) is 0 Å². The zero-order valence-electron chi connectivity index (χ0n) is 18.8. The van der Waals surface area contributed by atoms with Crippen molar-refractivity contribution < 1.29 is 13.2 Å². The second-order valence-electron chi connectivity index (χ2n) is 7.55. The van der Waals surface area contributed by atoms with Gasteiger partial charge in [-0.2, -0.15) is 4.31 Å². The summed E-state index contributed by atoms with van der Waals surface area (Å²) in [6.07, 6.45) is 0. The van der Waals surface area contributed by atoms with Crippen molar-refractivity contribution >= 4 is 32.7 Å². The van der Waals surface area contributed by atoms with Crippen molar-refractivity contribution in [3.8, 4) is 0 Å². The number of rotatable bonds is 6. The lowest BCUT2D eigenvalue weighted by atomic mass is 10.1. The van der Waals surface area contributed by atoms with Crippen LogP contribution in [0, 0.1) is 27.7 Å². The Morgan fingerprint density at radius 2 is 1.55 bits per heavy atom. The summed E-state index contributed by atoms with van der Waals surface area (Å²) in [6, 6.07) is 8.34. The molecule has 3 aromatic rings. The number of sulfonamides is 1. The fourth-order valence-corrected chi connectivity index (χ4v) is 4.95. The van der Waals surface area contributed by atoms with E-state index in [0.29, 0.717) is 29.9 Å². The van der Waals surface area contributed by atoms with Gasteiger partial charge in [0, 0.05) is 24.3 Å². The van der Waals surface area contributed by atoms with Gasteiger partial charge < -0.3 is 5.32 Å². The first-order valence-electron chi connectivity index (χ1n) is 10.3. The number of nitrogens with zero attached hydrogens (tertiary/aromatic N) is 3. The maximum atomic E-state index is 13.0. The Morgan fingerprint density at radius 1 is 0.935 bits per heavy atom. The number of carbonyl (C=O) groups is 1. The number of amides is 1. The lowest BCUT2D eigenvalue weighted by Gasteiger charge is -2.20. The molecule has 0 unspecified atom stereocenters. The molecule has 3 rings (SSSR count). The van der Waals surface area contributed by atoms with Crippen LogP contribution in [0.3, 0.4) is 0 Å². The molecule has 7 nitrogen and oxygen atoms in total. The van der Waals surface area contributed by atoms with Crippen molar-refractivity contribution in [1.29, 1.82) is 0 Å². The Balaban J connectivity index is 1.98. The predicted octanol–water partition coefficient (Wildman–Crippen LogP) is 4.15. The highest BCUT2D eigenvalue weighted by atomic mass is 32.2. The SMILES string of the molecule is CCN(CC)S(=O)(=O)c1cc(C)c(C)c(NC(=O)c2ccc3nc(C)c(C)nc3c2)c1. The van der Waals surface area contributed by atoms with Crippen LogP contribution in [0.2, 0.25) is 0 Å². The highest BCUT2D eigenvalue weighted by Crippen LogP contribution is 2.27. The third kappa shape index (κ3) is 4.45. The third-order valence-electron chi connectivity index (χ3n) is 5.57. The van der Waals surface area contributed by atoms with E-state index in [2.05, 4.69) is 15.3 Å². The molecule has 0 radical (unpaired) electrons. The van der Waals surface area contributed by atoms with Crippen LogP contribution in [0.15, 0.2) is 35.2 Å². The summed E-state index contributed by atoms with van der Waals surface area (Å²) >= 11 is 0. The van der Waals surface area contributed by atoms with Crippen molar-refractivity contribution in [2.24, 2.45) is 0 Å². The van der Waals surface area contributed by atoms with Gasteiger partial charge in [0.2, 0.25) is 10.0 Å². The predicted molar refractivity (Wildman–Crippen MR) is 123 cm³/mol. The number of hydrogen-bond donors (Lipinski definition) is 1. The van der Waals surface area contributed by atoms with Crippen LogP contribution in [0.25, 0.3) is 11.0 Å². The number of anilines is 1. The second kappa shape index (κ2) is 8.72. The van der Waals surface area contributed by atoms with Gasteiger partial charge in [0.1, 0.15) is 0 Å². The summed E-state index contributed by atoms with van der Waals surface area (Å²) in [5, 5.41) is 2.88. The molecular weight excluding hydrogens is 412 g/mol. The fourth-order valence-electron chi connectivity index (χ4n) is 3.38. The lowest BCUT2D eigenvalue weighted by Crippen LogP contribution is -2.30. The average Bonchev–Trinajstić information content (AvgIpc) is 2.72. The van der Waals surface area contributed by atoms with Gasteiger partial charge in [-0.3, -0.25) is 4.79 Å². The van der Waals surface area contributed by atoms with E-state index in [9.17, 15) is 13.2 Å². The quantitative estimate of drug-likeness (QED) is 0.622. The molecule has 0 fully saturated rings. The third-order valence-corrected chi connectivity index (χ3v) is 7.60. The van der Waals surface area contributed by atoms with Crippen LogP contribution in [0.4, 0.5) is 5.69 Å². The fraction of sp³-hybridized carbons (Fsp3) is 0.348. The lowest BCUT2D eigenvalue weighted by molar-refractivity contribution is 0.102. The topological polar surface area (TPSA) is 92.3 Å². The normalized spacial score (nSPS) is 11.8. The van der Waals surface area contributed by atoms with E-state index in [1.54, 1.807) is 38.1 Å². The molecule has 8 heteroatoms. The molecule has 2 aromatic carbocycles. The molecule has 0 saturated carbocycles. The number of fused-ring (bicyclic) bond motifs is 1. The van der Waals surface area contributed by atoms with Crippen molar-refractivity contribution in [1.82, 2.24) is 14.3 Å². The standard InChI is InChI=1S/C23H28N4O3S/c1-7-27(8-2)31(29,30)19-11-14(3)15(4)21(13-19)26-23(28)18-9-10-20-22(12-18)25-17(6)16(5)24-20/h9-13H,7-8H2,1-6H3,(H,26,28). The molecule has 0 aliphatic rings. The van der Waals surface area contributed by atoms with Gasteiger partial charge in [0.05, 0.1) is 27.3 Å². The first-order valence-corrected chi connectivity index (χ1v) is 11.7. The Kier molecular flexibility index (Phi) is 6.43. The number of carbonyl (C=O) groups excluding carboxylic acids is 1. The van der Waals surface area contributed by atoms with Crippen LogP contribution >= 0.6 is 0 Å². The van der Waals surface area contributed by atoms with Crippen LogP contribution in [-0.4, -0.2) is 41.7 Å². The number of hydrogen-bond acceptors (Lipinski definition) is 5. The van der Waals surface area contributed by atoms with Crippen molar-refractivity contribution in [3.05, 3.63) is 58.4 Å². The van der Waals surface area contributed by atoms with E-state index in [4.69, 9.17) is 0 Å². The van der Waals surface area contributed by atoms with Crippen LogP contribution < -0.4 is 5.32 Å². The average molecular weight is 441 g/mol. The summed E-state index contributed by atoms with van der Waals surface area (Å²) < 4.78 is 27.3. The molecule has 1 N–H and O–H groups in total. The maximum Gasteiger partial charge on any atom is 0.255 e. The summed E-state index contributed by atoms with van der Waals surface area (Å²) in [4.78, 5) is 22.1. The van der Waals surface area contributed by atoms with Crippen molar-refractivity contribution in [3.63, 3.8) is 0 Å². The van der Waals surface area contributed by atoms with Crippen LogP contribution in [-0.2, 0) is 10.0 Å². The molecule has 31 heavy (non-hydrogen) atoms. The van der Waals surface area contributed by atoms with Gasteiger partial charge in [-0.1, -0.05) is 13.8 Å². The molecule has 0 saturated heterocycles. The number of aryl methyl sites for hydroxylation is 3. The molecular formula is C23H28N4O3S. The number of aromatic nitrogens is 2. The molecule has 1 amide bonds. The van der Waals surface area contributed by atoms with E-state index < -0.39 is 10.0 Å². The van der Waals surface area contributed by atoms with E-state index in [1.807, 2.05) is 27.7 Å². The zero-order chi connectivity index (χ0) is 22.9. The monoisotopic (exact) mass is 440 g/mol. The summed E-state index contributed by atoms with van der Waals surface area (Å²) in [6.45, 7) is 11.8. The van der Waals surface area contributed by atoms with Gasteiger partial charge in [0.15, 0.2) is 0 Å². The van der Waals surface area contributed by atoms with E-state index in [-0.39, 0.29) is 10.8 Å². The maximum absolute atomic E-state index is 13.0. The second-order valence-corrected chi connectivity index (χ2v) is 9.49. The molecule has 0 aliphatic heterocycles. The first-order chi connectivity index (χ1) is 14.6. The Hall–Kier alpha value is -2.84. The van der Waals surface area contributed by atoms with Crippen molar-refractivity contribution in [2.45, 2.75) is 46.4 Å². The van der Waals surface area contributed by atoms with E-state index >= 15 is 0 Å². The smallest absolute Gasteiger partial charge is 0.255 e. The molecule has 0 spiro atoms. The molecule has 0 aliphatic carbocycles. The van der Waals surface area contributed by atoms with Gasteiger partial charge in [-0.15, -0.1) is 0 Å². The highest BCUT2D eigenvalue weighted by Gasteiger charge is 2.23. The number of benzene rings is 2. The Labute approximate surface area is 183 Å².